The van der Waals surface area contributed by atoms with E-state index in [4.69, 9.17) is 4.74 Å². The number of nitrogens with zero attached hydrogens (tertiary/aromatic N) is 1. The molecule has 5 atom stereocenters. The molecule has 1 aromatic rings. The number of aliphatic hydroxyl groups excluding tert-OH is 1. The van der Waals surface area contributed by atoms with E-state index in [9.17, 15) is 14.7 Å². The Kier molecular flexibility index (Phi) is 10.0. The summed E-state index contributed by atoms with van der Waals surface area (Å²) in [6.07, 6.45) is 8.05. The van der Waals surface area contributed by atoms with E-state index in [0.717, 1.165) is 35.5 Å². The van der Waals surface area contributed by atoms with Crippen molar-refractivity contribution in [3.8, 4) is 0 Å². The largest absolute Gasteiger partial charge is 0.457 e. The number of allylic oxidation sites excluding steroid dienone is 1. The van der Waals surface area contributed by atoms with Crippen LogP contribution in [0.25, 0.3) is 6.08 Å². The van der Waals surface area contributed by atoms with Crippen LogP contribution in [-0.2, 0) is 14.3 Å². The number of aromatic nitrogens is 1. The molecule has 6 heteroatoms. The summed E-state index contributed by atoms with van der Waals surface area (Å²) in [5, 5.41) is 13.8. The van der Waals surface area contributed by atoms with Gasteiger partial charge in [0, 0.05) is 17.7 Å². The van der Waals surface area contributed by atoms with Crippen molar-refractivity contribution in [2.45, 2.75) is 92.8 Å². The predicted molar refractivity (Wildman–Crippen MR) is 135 cm³/mol. The Bertz CT molecular complexity index is 869. The monoisotopic (exact) mass is 475 g/mol. The number of carbonyl (C=O) groups excluding carboxylic acids is 2. The third kappa shape index (κ3) is 7.61. The molecule has 0 radical (unpaired) electrons. The standard InChI is InChI=1S/C27H41NO4S/c1-17-12-10-8-9-11-13-23(18(2)14-22-16-33-21(5)28-22)32-25(30)15-24(29)27(6,7)26(31)20(4)19(17)3/h9,11,14,16-17,19-20,23-24,29H,8,10,12-13,15H2,1-7H3/t17-,19-,20+,23?,24-/m0/s1. The van der Waals surface area contributed by atoms with Crippen LogP contribution in [0.4, 0.5) is 0 Å². The number of aliphatic hydroxyl groups is 1. The predicted octanol–water partition coefficient (Wildman–Crippen LogP) is 6.15. The van der Waals surface area contributed by atoms with Crippen molar-refractivity contribution in [1.82, 2.24) is 4.98 Å². The normalized spacial score (nSPS) is 30.8. The fourth-order valence-corrected chi connectivity index (χ4v) is 4.93. The molecule has 1 aliphatic heterocycles. The molecule has 1 unspecified atom stereocenters. The maximum absolute atomic E-state index is 13.3. The number of ether oxygens (including phenoxy) is 1. The molecule has 0 spiro atoms. The number of hydrogen-bond donors (Lipinski definition) is 1. The van der Waals surface area contributed by atoms with Crippen LogP contribution in [0.15, 0.2) is 23.1 Å². The lowest BCUT2D eigenvalue weighted by Crippen LogP contribution is -2.44. The molecule has 0 aromatic carbocycles. The number of Topliss-reactive ketones (excluding diaryl/α,β-unsaturated/α-hetero) is 1. The van der Waals surface area contributed by atoms with Gasteiger partial charge in [-0.15, -0.1) is 11.3 Å². The van der Waals surface area contributed by atoms with Gasteiger partial charge in [-0.05, 0) is 50.2 Å². The summed E-state index contributed by atoms with van der Waals surface area (Å²) in [6, 6.07) is 0. The van der Waals surface area contributed by atoms with Gasteiger partial charge in [0.15, 0.2) is 0 Å². The van der Waals surface area contributed by atoms with Gasteiger partial charge in [-0.3, -0.25) is 9.59 Å². The van der Waals surface area contributed by atoms with Gasteiger partial charge in [-0.25, -0.2) is 4.98 Å². The molecule has 1 aliphatic rings. The molecule has 184 valence electrons. The van der Waals surface area contributed by atoms with Crippen LogP contribution in [0.2, 0.25) is 0 Å². The maximum atomic E-state index is 13.3. The summed E-state index contributed by atoms with van der Waals surface area (Å²) in [4.78, 5) is 30.5. The number of rotatable bonds is 2. The van der Waals surface area contributed by atoms with Crippen molar-refractivity contribution in [3.63, 3.8) is 0 Å². The van der Waals surface area contributed by atoms with Crippen LogP contribution >= 0.6 is 11.3 Å². The SMILES string of the molecule is CC(=Cc1csc(C)n1)C1CC=CCCC[C@H](C)[C@H](C)[C@@H](C)C(=O)C(C)(C)[C@@H](O)CC(=O)O1. The van der Waals surface area contributed by atoms with E-state index >= 15 is 0 Å². The van der Waals surface area contributed by atoms with E-state index in [1.54, 1.807) is 25.2 Å². The highest BCUT2D eigenvalue weighted by Crippen LogP contribution is 2.34. The molecule has 5 nitrogen and oxygen atoms in total. The van der Waals surface area contributed by atoms with Crippen LogP contribution in [0.1, 0.15) is 84.3 Å². The van der Waals surface area contributed by atoms with E-state index in [-0.39, 0.29) is 24.0 Å². The van der Waals surface area contributed by atoms with Gasteiger partial charge < -0.3 is 9.84 Å². The summed E-state index contributed by atoms with van der Waals surface area (Å²) in [5.41, 5.74) is 0.730. The molecule has 2 rings (SSSR count). The van der Waals surface area contributed by atoms with E-state index in [2.05, 4.69) is 31.0 Å². The second-order valence-corrected chi connectivity index (χ2v) is 11.3. The molecule has 0 bridgehead atoms. The van der Waals surface area contributed by atoms with E-state index < -0.39 is 23.6 Å². The highest BCUT2D eigenvalue weighted by atomic mass is 32.1. The lowest BCUT2D eigenvalue weighted by Gasteiger charge is -2.35. The van der Waals surface area contributed by atoms with Crippen LogP contribution in [0, 0.1) is 30.1 Å². The first-order chi connectivity index (χ1) is 15.4. The van der Waals surface area contributed by atoms with E-state index in [0.29, 0.717) is 12.3 Å². The van der Waals surface area contributed by atoms with E-state index in [1.807, 2.05) is 32.2 Å². The minimum Gasteiger partial charge on any atom is -0.457 e. The van der Waals surface area contributed by atoms with Gasteiger partial charge in [0.05, 0.1) is 28.6 Å². The molecule has 1 N–H and O–H groups in total. The van der Waals surface area contributed by atoms with Crippen molar-refractivity contribution in [3.05, 3.63) is 33.8 Å². The molecule has 33 heavy (non-hydrogen) atoms. The zero-order valence-electron chi connectivity index (χ0n) is 21.3. The smallest absolute Gasteiger partial charge is 0.309 e. The molecular weight excluding hydrogens is 434 g/mol. The second-order valence-electron chi connectivity index (χ2n) is 10.2. The molecule has 0 aliphatic carbocycles. The van der Waals surface area contributed by atoms with Gasteiger partial charge in [0.25, 0.3) is 0 Å². The van der Waals surface area contributed by atoms with Crippen molar-refractivity contribution < 1.29 is 19.4 Å². The lowest BCUT2D eigenvalue weighted by atomic mass is 9.70. The number of hydrogen-bond acceptors (Lipinski definition) is 6. The average molecular weight is 476 g/mol. The van der Waals surface area contributed by atoms with Crippen molar-refractivity contribution in [2.24, 2.45) is 23.2 Å². The highest BCUT2D eigenvalue weighted by Gasteiger charge is 2.41. The van der Waals surface area contributed by atoms with Gasteiger partial charge >= 0.3 is 5.97 Å². The summed E-state index contributed by atoms with van der Waals surface area (Å²) >= 11 is 1.58. The quantitative estimate of drug-likeness (QED) is 0.410. The average Bonchev–Trinajstić information content (AvgIpc) is 3.16. The molecule has 0 saturated heterocycles. The molecule has 0 amide bonds. The topological polar surface area (TPSA) is 76.5 Å². The van der Waals surface area contributed by atoms with Crippen molar-refractivity contribution in [1.29, 1.82) is 0 Å². The van der Waals surface area contributed by atoms with Gasteiger partial charge in [0.1, 0.15) is 11.9 Å². The first kappa shape index (κ1) is 27.5. The summed E-state index contributed by atoms with van der Waals surface area (Å²) in [6.45, 7) is 13.6. The van der Waals surface area contributed by atoms with Gasteiger partial charge in [-0.1, -0.05) is 53.2 Å². The van der Waals surface area contributed by atoms with E-state index in [1.165, 1.54) is 0 Å². The minimum absolute atomic E-state index is 0.000619. The maximum Gasteiger partial charge on any atom is 0.309 e. The number of aryl methyl sites for hydroxylation is 1. The fourth-order valence-electron chi connectivity index (χ4n) is 4.36. The summed E-state index contributed by atoms with van der Waals surface area (Å²) in [7, 11) is 0. The minimum atomic E-state index is -1.10. The Morgan fingerprint density at radius 1 is 1.24 bits per heavy atom. The molecule has 0 saturated carbocycles. The lowest BCUT2D eigenvalue weighted by molar-refractivity contribution is -0.153. The third-order valence-electron chi connectivity index (χ3n) is 7.27. The van der Waals surface area contributed by atoms with Crippen LogP contribution in [0.5, 0.6) is 0 Å². The van der Waals surface area contributed by atoms with Crippen molar-refractivity contribution in [2.75, 3.05) is 0 Å². The Morgan fingerprint density at radius 3 is 2.58 bits per heavy atom. The summed E-state index contributed by atoms with van der Waals surface area (Å²) in [5.74, 6) is -0.0728. The summed E-state index contributed by atoms with van der Waals surface area (Å²) < 4.78 is 5.80. The number of ketones is 1. The second kappa shape index (κ2) is 12.1. The first-order valence-corrected chi connectivity index (χ1v) is 13.0. The zero-order chi connectivity index (χ0) is 24.8. The molecule has 0 fully saturated rings. The Morgan fingerprint density at radius 2 is 1.94 bits per heavy atom. The number of carbonyl (C=O) groups is 2. The van der Waals surface area contributed by atoms with Crippen molar-refractivity contribution >= 4 is 29.2 Å². The Hall–Kier alpha value is -1.79. The third-order valence-corrected chi connectivity index (χ3v) is 8.06. The van der Waals surface area contributed by atoms with Crippen LogP contribution in [0.3, 0.4) is 0 Å². The van der Waals surface area contributed by atoms with Crippen LogP contribution < -0.4 is 0 Å². The molecular formula is C27H41NO4S. The zero-order valence-corrected chi connectivity index (χ0v) is 22.1. The van der Waals surface area contributed by atoms with Gasteiger partial charge in [-0.2, -0.15) is 0 Å². The highest BCUT2D eigenvalue weighted by molar-refractivity contribution is 7.09. The fraction of sp³-hybridized carbons (Fsp3) is 0.667. The molecule has 2 heterocycles. The Balaban J connectivity index is 2.27. The number of thiazole rings is 1. The molecule has 1 aromatic heterocycles. The first-order valence-electron chi connectivity index (χ1n) is 12.1. The Labute approximate surface area is 203 Å². The number of cyclic esters (lactones) is 1. The number of esters is 1. The van der Waals surface area contributed by atoms with Crippen LogP contribution in [-0.4, -0.2) is 34.1 Å². The van der Waals surface area contributed by atoms with Gasteiger partial charge in [0.2, 0.25) is 0 Å².